The van der Waals surface area contributed by atoms with Crippen molar-refractivity contribution in [2.45, 2.75) is 31.6 Å². The molecule has 0 spiro atoms. The van der Waals surface area contributed by atoms with Crippen LogP contribution in [0.25, 0.3) is 11.4 Å². The summed E-state index contributed by atoms with van der Waals surface area (Å²) in [6, 6.07) is 10.1. The van der Waals surface area contributed by atoms with Crippen molar-refractivity contribution < 1.29 is 0 Å². The number of nitrogens with zero attached hydrogens (tertiary/aromatic N) is 2. The second kappa shape index (κ2) is 5.13. The van der Waals surface area contributed by atoms with E-state index in [0.717, 1.165) is 49.6 Å². The van der Waals surface area contributed by atoms with Crippen LogP contribution in [-0.2, 0) is 5.41 Å². The normalized spacial score (nSPS) is 18.4. The molecule has 1 aromatic heterocycles. The average Bonchev–Trinajstić information content (AvgIpc) is 2.99. The van der Waals surface area contributed by atoms with Crippen LogP contribution in [0.15, 0.2) is 30.3 Å². The monoisotopic (exact) mass is 256 g/mol. The quantitative estimate of drug-likeness (QED) is 0.887. The number of aromatic amines is 1. The molecule has 19 heavy (non-hydrogen) atoms. The highest BCUT2D eigenvalue weighted by molar-refractivity contribution is 5.54. The van der Waals surface area contributed by atoms with Crippen LogP contribution in [0, 0.1) is 0 Å². The van der Waals surface area contributed by atoms with Crippen molar-refractivity contribution >= 4 is 0 Å². The minimum Gasteiger partial charge on any atom is -0.317 e. The molecule has 3 rings (SSSR count). The fourth-order valence-electron chi connectivity index (χ4n) is 2.88. The van der Waals surface area contributed by atoms with Crippen LogP contribution >= 0.6 is 0 Å². The van der Waals surface area contributed by atoms with E-state index in [1.165, 1.54) is 0 Å². The highest BCUT2D eigenvalue weighted by Crippen LogP contribution is 2.35. The van der Waals surface area contributed by atoms with Crippen LogP contribution in [-0.4, -0.2) is 28.3 Å². The van der Waals surface area contributed by atoms with Crippen molar-refractivity contribution in [3.63, 3.8) is 0 Å². The molecular weight excluding hydrogens is 236 g/mol. The summed E-state index contributed by atoms with van der Waals surface area (Å²) in [5.41, 5.74) is 1.25. The van der Waals surface area contributed by atoms with Gasteiger partial charge in [-0.25, -0.2) is 4.98 Å². The molecule has 1 aliphatic rings. The van der Waals surface area contributed by atoms with E-state index in [1.54, 1.807) is 0 Å². The van der Waals surface area contributed by atoms with Crippen LogP contribution in [0.2, 0.25) is 0 Å². The first-order chi connectivity index (χ1) is 9.34. The molecule has 0 atom stereocenters. The fraction of sp³-hybridized carbons (Fsp3) is 0.467. The fourth-order valence-corrected chi connectivity index (χ4v) is 2.88. The summed E-state index contributed by atoms with van der Waals surface area (Å²) < 4.78 is 0. The topological polar surface area (TPSA) is 53.6 Å². The first-order valence-corrected chi connectivity index (χ1v) is 7.03. The Kier molecular flexibility index (Phi) is 3.34. The number of rotatable bonds is 3. The number of hydrogen-bond donors (Lipinski definition) is 2. The zero-order valence-corrected chi connectivity index (χ0v) is 11.3. The number of H-pyrrole nitrogens is 1. The van der Waals surface area contributed by atoms with Gasteiger partial charge in [-0.2, -0.15) is 5.10 Å². The molecule has 4 heteroatoms. The van der Waals surface area contributed by atoms with Crippen LogP contribution in [0.3, 0.4) is 0 Å². The smallest absolute Gasteiger partial charge is 0.181 e. The maximum absolute atomic E-state index is 4.75. The van der Waals surface area contributed by atoms with Crippen molar-refractivity contribution in [1.29, 1.82) is 0 Å². The molecule has 0 bridgehead atoms. The van der Waals surface area contributed by atoms with Gasteiger partial charge in [0.25, 0.3) is 0 Å². The summed E-state index contributed by atoms with van der Waals surface area (Å²) in [5.74, 6) is 1.86. The Balaban J connectivity index is 1.92. The Morgan fingerprint density at radius 3 is 2.58 bits per heavy atom. The third-order valence-corrected chi connectivity index (χ3v) is 4.26. The molecule has 4 nitrogen and oxygen atoms in total. The second-order valence-corrected chi connectivity index (χ2v) is 5.26. The predicted molar refractivity (Wildman–Crippen MR) is 75.9 cm³/mol. The Morgan fingerprint density at radius 1 is 1.16 bits per heavy atom. The molecule has 1 fully saturated rings. The molecule has 1 aliphatic heterocycles. The standard InChI is InChI=1S/C15H20N4/c1-2-15(8-10-16-11-9-15)14-17-13(18-19-14)12-6-4-3-5-7-12/h3-7,16H,2,8-11H2,1H3,(H,17,18,19). The van der Waals surface area contributed by atoms with E-state index < -0.39 is 0 Å². The largest absolute Gasteiger partial charge is 0.317 e. The van der Waals surface area contributed by atoms with Gasteiger partial charge >= 0.3 is 0 Å². The van der Waals surface area contributed by atoms with Crippen LogP contribution < -0.4 is 5.32 Å². The van der Waals surface area contributed by atoms with Gasteiger partial charge in [-0.15, -0.1) is 0 Å². The predicted octanol–water partition coefficient (Wildman–Crippen LogP) is 2.50. The molecule has 2 heterocycles. The van der Waals surface area contributed by atoms with Gasteiger partial charge in [0.15, 0.2) is 5.82 Å². The molecule has 0 saturated carbocycles. The number of piperidine rings is 1. The molecule has 100 valence electrons. The number of benzene rings is 1. The molecule has 0 aliphatic carbocycles. The van der Waals surface area contributed by atoms with E-state index in [-0.39, 0.29) is 5.41 Å². The SMILES string of the molecule is CCC1(c2nc(-c3ccccc3)n[nH]2)CCNCC1. The summed E-state index contributed by atoms with van der Waals surface area (Å²) >= 11 is 0. The minimum atomic E-state index is 0.172. The van der Waals surface area contributed by atoms with Gasteiger partial charge in [-0.1, -0.05) is 37.3 Å². The maximum atomic E-state index is 4.75. The van der Waals surface area contributed by atoms with E-state index in [2.05, 4.69) is 22.4 Å². The molecule has 1 saturated heterocycles. The lowest BCUT2D eigenvalue weighted by molar-refractivity contribution is 0.283. The Bertz CT molecular complexity index is 526. The van der Waals surface area contributed by atoms with Crippen molar-refractivity contribution in [2.24, 2.45) is 0 Å². The Labute approximate surface area is 113 Å². The zero-order chi connectivity index (χ0) is 13.1. The summed E-state index contributed by atoms with van der Waals surface area (Å²) in [4.78, 5) is 4.75. The van der Waals surface area contributed by atoms with Crippen molar-refractivity contribution in [1.82, 2.24) is 20.5 Å². The highest BCUT2D eigenvalue weighted by atomic mass is 15.2. The molecule has 0 unspecified atom stereocenters. The molecule has 0 radical (unpaired) electrons. The van der Waals surface area contributed by atoms with Gasteiger partial charge in [0.05, 0.1) is 0 Å². The lowest BCUT2D eigenvalue weighted by Gasteiger charge is -2.34. The number of hydrogen-bond acceptors (Lipinski definition) is 3. The van der Waals surface area contributed by atoms with Crippen LogP contribution in [0.1, 0.15) is 32.0 Å². The summed E-state index contributed by atoms with van der Waals surface area (Å²) in [5, 5.41) is 11.0. The van der Waals surface area contributed by atoms with Gasteiger partial charge in [-0.05, 0) is 32.4 Å². The maximum Gasteiger partial charge on any atom is 0.181 e. The van der Waals surface area contributed by atoms with Gasteiger partial charge < -0.3 is 5.32 Å². The lowest BCUT2D eigenvalue weighted by atomic mass is 9.76. The van der Waals surface area contributed by atoms with E-state index in [0.29, 0.717) is 0 Å². The molecule has 2 aromatic rings. The third kappa shape index (κ3) is 2.28. The van der Waals surface area contributed by atoms with E-state index in [1.807, 2.05) is 30.3 Å². The van der Waals surface area contributed by atoms with Gasteiger partial charge in [0, 0.05) is 11.0 Å². The van der Waals surface area contributed by atoms with Gasteiger partial charge in [0.1, 0.15) is 5.82 Å². The lowest BCUT2D eigenvalue weighted by Crippen LogP contribution is -2.40. The highest BCUT2D eigenvalue weighted by Gasteiger charge is 2.35. The average molecular weight is 256 g/mol. The summed E-state index contributed by atoms with van der Waals surface area (Å²) in [6.45, 7) is 4.38. The van der Waals surface area contributed by atoms with E-state index in [9.17, 15) is 0 Å². The van der Waals surface area contributed by atoms with Crippen molar-refractivity contribution in [2.75, 3.05) is 13.1 Å². The second-order valence-electron chi connectivity index (χ2n) is 5.26. The number of nitrogens with one attached hydrogen (secondary N) is 2. The van der Waals surface area contributed by atoms with Crippen molar-refractivity contribution in [3.8, 4) is 11.4 Å². The minimum absolute atomic E-state index is 0.172. The first-order valence-electron chi connectivity index (χ1n) is 7.03. The van der Waals surface area contributed by atoms with Crippen LogP contribution in [0.4, 0.5) is 0 Å². The Hall–Kier alpha value is -1.68. The Morgan fingerprint density at radius 2 is 1.89 bits per heavy atom. The number of aromatic nitrogens is 3. The summed E-state index contributed by atoms with van der Waals surface area (Å²) in [7, 11) is 0. The molecule has 1 aromatic carbocycles. The van der Waals surface area contributed by atoms with E-state index >= 15 is 0 Å². The first kappa shape index (κ1) is 12.4. The van der Waals surface area contributed by atoms with Crippen molar-refractivity contribution in [3.05, 3.63) is 36.2 Å². The molecule has 2 N–H and O–H groups in total. The summed E-state index contributed by atoms with van der Waals surface area (Å²) in [6.07, 6.45) is 3.37. The zero-order valence-electron chi connectivity index (χ0n) is 11.3. The van der Waals surface area contributed by atoms with Gasteiger partial charge in [-0.3, -0.25) is 5.10 Å². The molecular formula is C15H20N4. The van der Waals surface area contributed by atoms with E-state index in [4.69, 9.17) is 4.98 Å². The van der Waals surface area contributed by atoms with Gasteiger partial charge in [0.2, 0.25) is 0 Å². The van der Waals surface area contributed by atoms with Crippen LogP contribution in [0.5, 0.6) is 0 Å². The molecule has 0 amide bonds. The third-order valence-electron chi connectivity index (χ3n) is 4.26.